The third kappa shape index (κ3) is 2.05. The number of benzene rings is 2. The van der Waals surface area contributed by atoms with Crippen molar-refractivity contribution in [3.05, 3.63) is 47.5 Å². The topological polar surface area (TPSA) is 35.5 Å². The van der Waals surface area contributed by atoms with E-state index in [9.17, 15) is 4.79 Å². The van der Waals surface area contributed by atoms with Crippen molar-refractivity contribution in [2.24, 2.45) is 0 Å². The molecule has 2 aromatic carbocycles. The maximum absolute atomic E-state index is 11.7. The summed E-state index contributed by atoms with van der Waals surface area (Å²) < 4.78 is 10.7. The van der Waals surface area contributed by atoms with Crippen molar-refractivity contribution in [1.82, 2.24) is 0 Å². The van der Waals surface area contributed by atoms with Crippen LogP contribution in [0.5, 0.6) is 11.5 Å². The lowest BCUT2D eigenvalue weighted by Crippen LogP contribution is -1.93. The third-order valence-electron chi connectivity index (χ3n) is 3.74. The van der Waals surface area contributed by atoms with E-state index in [1.54, 1.807) is 14.2 Å². The van der Waals surface area contributed by atoms with E-state index >= 15 is 0 Å². The fourth-order valence-corrected chi connectivity index (χ4v) is 2.66. The molecule has 20 heavy (non-hydrogen) atoms. The fourth-order valence-electron chi connectivity index (χ4n) is 2.66. The zero-order valence-corrected chi connectivity index (χ0v) is 11.6. The summed E-state index contributed by atoms with van der Waals surface area (Å²) in [6, 6.07) is 11.7. The molecule has 0 unspecified atom stereocenters. The van der Waals surface area contributed by atoms with Crippen LogP contribution in [0.4, 0.5) is 0 Å². The second-order valence-corrected chi connectivity index (χ2v) is 4.86. The van der Waals surface area contributed by atoms with Gasteiger partial charge in [-0.3, -0.25) is 4.79 Å². The Morgan fingerprint density at radius 3 is 2.50 bits per heavy atom. The monoisotopic (exact) mass is 268 g/mol. The second kappa shape index (κ2) is 5.00. The number of ketones is 1. The van der Waals surface area contributed by atoms with Crippen molar-refractivity contribution in [2.75, 3.05) is 14.2 Å². The summed E-state index contributed by atoms with van der Waals surface area (Å²) in [6.45, 7) is 0. The second-order valence-electron chi connectivity index (χ2n) is 4.86. The van der Waals surface area contributed by atoms with E-state index in [-0.39, 0.29) is 5.78 Å². The molecule has 1 aliphatic rings. The first-order valence-corrected chi connectivity index (χ1v) is 6.61. The standard InChI is InChI=1S/C17H16O3/c1-19-13-5-8-17(20-2)15(10-13)12-3-6-14-11(9-12)4-7-16(14)18/h3,5-6,8-10H,4,7H2,1-2H3. The van der Waals surface area contributed by atoms with Gasteiger partial charge in [-0.1, -0.05) is 18.2 Å². The molecule has 0 aromatic heterocycles. The van der Waals surface area contributed by atoms with Crippen LogP contribution in [-0.4, -0.2) is 20.0 Å². The van der Waals surface area contributed by atoms with Gasteiger partial charge in [0.1, 0.15) is 11.5 Å². The average Bonchev–Trinajstić information content (AvgIpc) is 2.87. The highest BCUT2D eigenvalue weighted by Gasteiger charge is 2.20. The number of aryl methyl sites for hydroxylation is 1. The zero-order chi connectivity index (χ0) is 14.1. The van der Waals surface area contributed by atoms with Crippen molar-refractivity contribution >= 4 is 5.78 Å². The normalized spacial score (nSPS) is 13.2. The summed E-state index contributed by atoms with van der Waals surface area (Å²) in [7, 11) is 3.30. The van der Waals surface area contributed by atoms with Crippen LogP contribution in [0.15, 0.2) is 36.4 Å². The summed E-state index contributed by atoms with van der Waals surface area (Å²) in [5, 5.41) is 0. The molecule has 0 heterocycles. The minimum atomic E-state index is 0.240. The maximum Gasteiger partial charge on any atom is 0.163 e. The average molecular weight is 268 g/mol. The van der Waals surface area contributed by atoms with Gasteiger partial charge in [-0.05, 0) is 35.7 Å². The van der Waals surface area contributed by atoms with Crippen molar-refractivity contribution in [1.29, 1.82) is 0 Å². The molecule has 102 valence electrons. The molecular weight excluding hydrogens is 252 g/mol. The Morgan fingerprint density at radius 1 is 0.900 bits per heavy atom. The van der Waals surface area contributed by atoms with Gasteiger partial charge >= 0.3 is 0 Å². The molecule has 3 heteroatoms. The van der Waals surface area contributed by atoms with Gasteiger partial charge in [0, 0.05) is 17.5 Å². The van der Waals surface area contributed by atoms with E-state index in [1.807, 2.05) is 30.3 Å². The molecule has 0 amide bonds. The fraction of sp³-hybridized carbons (Fsp3) is 0.235. The van der Waals surface area contributed by atoms with Crippen LogP contribution in [0.25, 0.3) is 11.1 Å². The number of methoxy groups -OCH3 is 2. The van der Waals surface area contributed by atoms with Gasteiger partial charge < -0.3 is 9.47 Å². The summed E-state index contributed by atoms with van der Waals surface area (Å²) in [5.74, 6) is 1.83. The molecule has 0 saturated carbocycles. The van der Waals surface area contributed by atoms with E-state index in [0.717, 1.165) is 40.2 Å². The van der Waals surface area contributed by atoms with Gasteiger partial charge in [-0.2, -0.15) is 0 Å². The molecule has 0 N–H and O–H groups in total. The van der Waals surface area contributed by atoms with Crippen LogP contribution >= 0.6 is 0 Å². The van der Waals surface area contributed by atoms with Crippen molar-refractivity contribution in [3.8, 4) is 22.6 Å². The number of carbonyl (C=O) groups is 1. The molecule has 0 spiro atoms. The highest BCUT2D eigenvalue weighted by atomic mass is 16.5. The van der Waals surface area contributed by atoms with Crippen molar-refractivity contribution in [3.63, 3.8) is 0 Å². The minimum absolute atomic E-state index is 0.240. The lowest BCUT2D eigenvalue weighted by Gasteiger charge is -2.11. The Morgan fingerprint density at radius 2 is 1.75 bits per heavy atom. The molecule has 0 saturated heterocycles. The molecule has 0 bridgehead atoms. The Kier molecular flexibility index (Phi) is 3.18. The van der Waals surface area contributed by atoms with E-state index in [1.165, 1.54) is 0 Å². The lowest BCUT2D eigenvalue weighted by atomic mass is 9.99. The van der Waals surface area contributed by atoms with Gasteiger partial charge in [0.05, 0.1) is 14.2 Å². The number of carbonyl (C=O) groups excluding carboxylic acids is 1. The van der Waals surface area contributed by atoms with Crippen LogP contribution in [0.1, 0.15) is 22.3 Å². The zero-order valence-electron chi connectivity index (χ0n) is 11.6. The van der Waals surface area contributed by atoms with E-state index in [4.69, 9.17) is 9.47 Å². The molecule has 0 atom stereocenters. The molecule has 3 nitrogen and oxygen atoms in total. The largest absolute Gasteiger partial charge is 0.497 e. The molecule has 2 aromatic rings. The molecule has 1 aliphatic carbocycles. The van der Waals surface area contributed by atoms with Gasteiger partial charge in [0.2, 0.25) is 0 Å². The summed E-state index contributed by atoms with van der Waals surface area (Å²) in [4.78, 5) is 11.7. The molecule has 3 rings (SSSR count). The number of rotatable bonds is 3. The van der Waals surface area contributed by atoms with Gasteiger partial charge in [-0.25, -0.2) is 0 Å². The van der Waals surface area contributed by atoms with Gasteiger partial charge in [0.25, 0.3) is 0 Å². The Bertz CT molecular complexity index is 674. The van der Waals surface area contributed by atoms with Gasteiger partial charge in [0.15, 0.2) is 5.78 Å². The van der Waals surface area contributed by atoms with Crippen LogP contribution in [0.2, 0.25) is 0 Å². The van der Waals surface area contributed by atoms with E-state index in [0.29, 0.717) is 6.42 Å². The van der Waals surface area contributed by atoms with Crippen molar-refractivity contribution < 1.29 is 14.3 Å². The number of hydrogen-bond acceptors (Lipinski definition) is 3. The summed E-state index contributed by atoms with van der Waals surface area (Å²) in [5.41, 5.74) is 4.01. The Hall–Kier alpha value is -2.29. The predicted molar refractivity (Wildman–Crippen MR) is 77.6 cm³/mol. The van der Waals surface area contributed by atoms with E-state index < -0.39 is 0 Å². The summed E-state index contributed by atoms with van der Waals surface area (Å²) in [6.07, 6.45) is 1.45. The number of fused-ring (bicyclic) bond motifs is 1. The first kappa shape index (κ1) is 12.7. The van der Waals surface area contributed by atoms with Crippen molar-refractivity contribution in [2.45, 2.75) is 12.8 Å². The maximum atomic E-state index is 11.7. The minimum Gasteiger partial charge on any atom is -0.497 e. The molecule has 0 fully saturated rings. The van der Waals surface area contributed by atoms with Crippen LogP contribution in [0, 0.1) is 0 Å². The smallest absolute Gasteiger partial charge is 0.163 e. The van der Waals surface area contributed by atoms with Gasteiger partial charge in [-0.15, -0.1) is 0 Å². The van der Waals surface area contributed by atoms with Crippen LogP contribution < -0.4 is 9.47 Å². The first-order valence-electron chi connectivity index (χ1n) is 6.61. The molecular formula is C17H16O3. The number of Topliss-reactive ketones (excluding diaryl/α,β-unsaturated/α-hetero) is 1. The predicted octanol–water partition coefficient (Wildman–Crippen LogP) is 3.50. The molecule has 0 radical (unpaired) electrons. The van der Waals surface area contributed by atoms with Crippen LogP contribution in [-0.2, 0) is 6.42 Å². The Labute approximate surface area is 118 Å². The number of ether oxygens (including phenoxy) is 2. The first-order chi connectivity index (χ1) is 9.72. The Balaban J connectivity index is 2.11. The number of hydrogen-bond donors (Lipinski definition) is 0. The highest BCUT2D eigenvalue weighted by molar-refractivity contribution is 6.01. The highest BCUT2D eigenvalue weighted by Crippen LogP contribution is 2.35. The van der Waals surface area contributed by atoms with Crippen LogP contribution in [0.3, 0.4) is 0 Å². The lowest BCUT2D eigenvalue weighted by molar-refractivity contribution is 0.0994. The quantitative estimate of drug-likeness (QED) is 0.854. The molecule has 0 aliphatic heterocycles. The summed E-state index contributed by atoms with van der Waals surface area (Å²) >= 11 is 0. The third-order valence-corrected chi connectivity index (χ3v) is 3.74. The van der Waals surface area contributed by atoms with E-state index in [2.05, 4.69) is 6.07 Å². The SMILES string of the molecule is COc1ccc(OC)c(-c2ccc3c(c2)CCC3=O)c1.